The van der Waals surface area contributed by atoms with Crippen molar-refractivity contribution in [3.05, 3.63) is 72.6 Å². The fraction of sp³-hybridized carbons (Fsp3) is 0.321. The van der Waals surface area contributed by atoms with Crippen LogP contribution < -0.4 is 9.64 Å². The maximum Gasteiger partial charge on any atom is 0.220 e. The maximum absolute atomic E-state index is 12.6. The van der Waals surface area contributed by atoms with Crippen molar-refractivity contribution in [1.82, 2.24) is 35.0 Å². The Morgan fingerprint density at radius 1 is 1.16 bits per heavy atom. The van der Waals surface area contributed by atoms with Crippen LogP contribution in [0, 0.1) is 0 Å². The van der Waals surface area contributed by atoms with Gasteiger partial charge in [0.25, 0.3) is 0 Å². The van der Waals surface area contributed by atoms with E-state index in [2.05, 4.69) is 53.2 Å². The summed E-state index contributed by atoms with van der Waals surface area (Å²) in [6.45, 7) is 5.52. The molecule has 1 unspecified atom stereocenters. The van der Waals surface area contributed by atoms with Gasteiger partial charge in [0.1, 0.15) is 24.2 Å². The Balaban J connectivity index is 1.24. The predicted octanol–water partition coefficient (Wildman–Crippen LogP) is 4.39. The SMILES string of the molecule is CC(=O)N(Cc1ccc(OC[C@H]2CCCN2c2ncnc3[nH]cnc23)c2ccccc12)C(C)c1cc[nH]n1. The molecule has 4 heterocycles. The number of aromatic nitrogens is 6. The van der Waals surface area contributed by atoms with Gasteiger partial charge in [-0.25, -0.2) is 15.0 Å². The second-order valence-electron chi connectivity index (χ2n) is 9.69. The van der Waals surface area contributed by atoms with E-state index >= 15 is 0 Å². The summed E-state index contributed by atoms with van der Waals surface area (Å²) in [5.74, 6) is 1.68. The molecule has 10 nitrogen and oxygen atoms in total. The molecule has 1 aliphatic rings. The van der Waals surface area contributed by atoms with E-state index in [4.69, 9.17) is 4.74 Å². The number of anilines is 1. The highest BCUT2D eigenvalue weighted by Crippen LogP contribution is 2.33. The molecule has 1 aliphatic heterocycles. The summed E-state index contributed by atoms with van der Waals surface area (Å²) in [5, 5.41) is 9.23. The maximum atomic E-state index is 12.6. The van der Waals surface area contributed by atoms with Gasteiger partial charge in [0.05, 0.1) is 24.1 Å². The van der Waals surface area contributed by atoms with Crippen LogP contribution in [0.25, 0.3) is 21.9 Å². The first-order chi connectivity index (χ1) is 18.6. The Labute approximate surface area is 220 Å². The van der Waals surface area contributed by atoms with Gasteiger partial charge in [0, 0.05) is 31.6 Å². The average Bonchev–Trinajstić information content (AvgIpc) is 3.72. The molecule has 194 valence electrons. The summed E-state index contributed by atoms with van der Waals surface area (Å²) < 4.78 is 6.45. The fourth-order valence-electron chi connectivity index (χ4n) is 5.40. The lowest BCUT2D eigenvalue weighted by molar-refractivity contribution is -0.131. The van der Waals surface area contributed by atoms with Gasteiger partial charge in [-0.2, -0.15) is 5.10 Å². The van der Waals surface area contributed by atoms with Crippen LogP contribution in [0.5, 0.6) is 5.75 Å². The summed E-state index contributed by atoms with van der Waals surface area (Å²) in [6.07, 6.45) is 7.10. The minimum Gasteiger partial charge on any atom is -0.491 e. The standard InChI is InChI=1S/C28H30N8O2/c1-18(24-11-12-33-34-24)36(19(2)37)14-20-9-10-25(23-8-4-3-7-22(20)23)38-15-21-6-5-13-35(21)28-26-27(30-16-29-26)31-17-32-28/h3-4,7-12,16-18,21H,5-6,13-15H2,1-2H3,(H,33,34)(H,29,30,31,32)/t18?,21-/m1/s1. The van der Waals surface area contributed by atoms with E-state index in [0.717, 1.165) is 64.1 Å². The molecule has 6 rings (SSSR count). The van der Waals surface area contributed by atoms with Crippen molar-refractivity contribution in [3.8, 4) is 5.75 Å². The summed E-state index contributed by atoms with van der Waals surface area (Å²) in [5.41, 5.74) is 3.42. The summed E-state index contributed by atoms with van der Waals surface area (Å²) in [6, 6.07) is 14.2. The molecule has 2 atom stereocenters. The molecule has 0 aliphatic carbocycles. The van der Waals surface area contributed by atoms with Crippen molar-refractivity contribution >= 4 is 33.7 Å². The van der Waals surface area contributed by atoms with E-state index in [1.807, 2.05) is 36.1 Å². The van der Waals surface area contributed by atoms with Crippen molar-refractivity contribution in [1.29, 1.82) is 0 Å². The van der Waals surface area contributed by atoms with Gasteiger partial charge in [-0.1, -0.05) is 30.3 Å². The smallest absolute Gasteiger partial charge is 0.220 e. The molecule has 5 aromatic rings. The zero-order chi connectivity index (χ0) is 26.1. The second kappa shape index (κ2) is 10.1. The lowest BCUT2D eigenvalue weighted by atomic mass is 10.0. The van der Waals surface area contributed by atoms with Gasteiger partial charge >= 0.3 is 0 Å². The number of rotatable bonds is 8. The number of carbonyl (C=O) groups is 1. The molecule has 38 heavy (non-hydrogen) atoms. The molecule has 1 fully saturated rings. The lowest BCUT2D eigenvalue weighted by Gasteiger charge is -2.28. The molecular weight excluding hydrogens is 480 g/mol. The number of imidazole rings is 1. The van der Waals surface area contributed by atoms with Crippen molar-refractivity contribution in [2.45, 2.75) is 45.3 Å². The molecule has 3 aromatic heterocycles. The van der Waals surface area contributed by atoms with Gasteiger partial charge < -0.3 is 19.5 Å². The van der Waals surface area contributed by atoms with Crippen LogP contribution in [0.4, 0.5) is 5.82 Å². The molecule has 0 bridgehead atoms. The van der Waals surface area contributed by atoms with E-state index in [0.29, 0.717) is 13.2 Å². The van der Waals surface area contributed by atoms with Gasteiger partial charge in [-0.3, -0.25) is 9.89 Å². The summed E-state index contributed by atoms with van der Waals surface area (Å²) in [7, 11) is 0. The number of hydrogen-bond acceptors (Lipinski definition) is 7. The average molecular weight is 511 g/mol. The van der Waals surface area contributed by atoms with Gasteiger partial charge in [0.2, 0.25) is 5.91 Å². The predicted molar refractivity (Wildman–Crippen MR) is 145 cm³/mol. The lowest BCUT2D eigenvalue weighted by Crippen LogP contribution is -2.35. The van der Waals surface area contributed by atoms with Gasteiger partial charge in [-0.15, -0.1) is 0 Å². The number of fused-ring (bicyclic) bond motifs is 2. The zero-order valence-corrected chi connectivity index (χ0v) is 21.5. The third-order valence-corrected chi connectivity index (χ3v) is 7.42. The normalized spacial score (nSPS) is 16.3. The fourth-order valence-corrected chi connectivity index (χ4v) is 5.40. The number of benzene rings is 2. The second-order valence-corrected chi connectivity index (χ2v) is 9.69. The highest BCUT2D eigenvalue weighted by molar-refractivity contribution is 5.91. The molecular formula is C28H30N8O2. The Hall–Kier alpha value is -4.47. The number of amides is 1. The van der Waals surface area contributed by atoms with Crippen LogP contribution in [0.1, 0.15) is 44.0 Å². The van der Waals surface area contributed by atoms with E-state index in [9.17, 15) is 4.79 Å². The van der Waals surface area contributed by atoms with Crippen LogP contribution in [0.2, 0.25) is 0 Å². The van der Waals surface area contributed by atoms with E-state index in [-0.39, 0.29) is 18.0 Å². The number of H-pyrrole nitrogens is 2. The first-order valence-electron chi connectivity index (χ1n) is 12.9. The molecule has 1 amide bonds. The molecule has 10 heteroatoms. The first kappa shape index (κ1) is 23.9. The zero-order valence-electron chi connectivity index (χ0n) is 21.5. The first-order valence-corrected chi connectivity index (χ1v) is 12.9. The molecule has 0 spiro atoms. The quantitative estimate of drug-likeness (QED) is 0.318. The Morgan fingerprint density at radius 2 is 2.03 bits per heavy atom. The number of ether oxygens (including phenoxy) is 1. The van der Waals surface area contributed by atoms with Crippen LogP contribution in [0.15, 0.2) is 61.3 Å². The van der Waals surface area contributed by atoms with Crippen molar-refractivity contribution in [2.24, 2.45) is 0 Å². The molecule has 0 radical (unpaired) electrons. The summed E-state index contributed by atoms with van der Waals surface area (Å²) in [4.78, 5) is 33.0. The van der Waals surface area contributed by atoms with Crippen molar-refractivity contribution < 1.29 is 9.53 Å². The van der Waals surface area contributed by atoms with Crippen molar-refractivity contribution in [2.75, 3.05) is 18.1 Å². The topological polar surface area (TPSA) is 116 Å². The van der Waals surface area contributed by atoms with E-state index < -0.39 is 0 Å². The van der Waals surface area contributed by atoms with E-state index in [1.165, 1.54) is 0 Å². The highest BCUT2D eigenvalue weighted by Gasteiger charge is 2.29. The molecule has 0 saturated carbocycles. The van der Waals surface area contributed by atoms with Crippen LogP contribution in [-0.4, -0.2) is 60.1 Å². The Kier molecular flexibility index (Phi) is 6.36. The minimum absolute atomic E-state index is 0.00183. The number of nitrogens with zero attached hydrogens (tertiary/aromatic N) is 6. The van der Waals surface area contributed by atoms with E-state index in [1.54, 1.807) is 25.8 Å². The van der Waals surface area contributed by atoms with Crippen LogP contribution >= 0.6 is 0 Å². The monoisotopic (exact) mass is 510 g/mol. The third-order valence-electron chi connectivity index (χ3n) is 7.42. The molecule has 2 N–H and O–H groups in total. The molecule has 1 saturated heterocycles. The largest absolute Gasteiger partial charge is 0.491 e. The van der Waals surface area contributed by atoms with Crippen LogP contribution in [0.3, 0.4) is 0 Å². The van der Waals surface area contributed by atoms with Gasteiger partial charge in [0.15, 0.2) is 11.5 Å². The third kappa shape index (κ3) is 4.42. The molecule has 2 aromatic carbocycles. The Morgan fingerprint density at radius 3 is 2.84 bits per heavy atom. The Bertz CT molecular complexity index is 1560. The number of aromatic amines is 2. The summed E-state index contributed by atoms with van der Waals surface area (Å²) >= 11 is 0. The van der Waals surface area contributed by atoms with Crippen LogP contribution in [-0.2, 0) is 11.3 Å². The number of hydrogen-bond donors (Lipinski definition) is 2. The number of carbonyl (C=O) groups excluding carboxylic acids is 1. The number of nitrogens with one attached hydrogen (secondary N) is 2. The van der Waals surface area contributed by atoms with Crippen molar-refractivity contribution in [3.63, 3.8) is 0 Å². The highest BCUT2D eigenvalue weighted by atomic mass is 16.5. The van der Waals surface area contributed by atoms with Gasteiger partial charge in [-0.05, 0) is 42.8 Å². The minimum atomic E-state index is -0.149.